The van der Waals surface area contributed by atoms with Crippen LogP contribution in [0.3, 0.4) is 0 Å². The number of methoxy groups -OCH3 is 1. The lowest BCUT2D eigenvalue weighted by Crippen LogP contribution is -2.38. The molecule has 1 atom stereocenters. The van der Waals surface area contributed by atoms with E-state index in [4.69, 9.17) is 4.74 Å². The van der Waals surface area contributed by atoms with Crippen molar-refractivity contribution in [3.8, 4) is 5.75 Å². The lowest BCUT2D eigenvalue weighted by molar-refractivity contribution is 0.0292. The van der Waals surface area contributed by atoms with Crippen molar-refractivity contribution in [2.45, 2.75) is 38.8 Å². The molecule has 1 saturated heterocycles. The molecule has 1 unspecified atom stereocenters. The molecule has 1 aromatic carbocycles. The predicted molar refractivity (Wildman–Crippen MR) is 72.9 cm³/mol. The van der Waals surface area contributed by atoms with E-state index in [-0.39, 0.29) is 6.04 Å². The maximum Gasteiger partial charge on any atom is 0.120 e. The number of likely N-dealkylation sites (tertiary alicyclic amines) is 1. The number of benzene rings is 1. The highest BCUT2D eigenvalue weighted by atomic mass is 16.5. The third-order valence-corrected chi connectivity index (χ3v) is 3.99. The monoisotopic (exact) mass is 249 g/mol. The van der Waals surface area contributed by atoms with Gasteiger partial charge in [-0.3, -0.25) is 4.90 Å². The standard InChI is InChI=1S/C15H23NO2/c1-11-4-5-15(17)14(10-11)12(2)16-8-6-13(18-3)7-9-16/h4-5,10,12-13,17H,6-9H2,1-3H3. The first-order valence-corrected chi connectivity index (χ1v) is 6.68. The maximum absolute atomic E-state index is 9.98. The van der Waals surface area contributed by atoms with Crippen molar-refractivity contribution in [1.29, 1.82) is 0 Å². The van der Waals surface area contributed by atoms with Crippen LogP contribution in [0.4, 0.5) is 0 Å². The minimum atomic E-state index is 0.266. The summed E-state index contributed by atoms with van der Waals surface area (Å²) in [4.78, 5) is 2.42. The predicted octanol–water partition coefficient (Wildman–Crippen LogP) is 2.87. The summed E-state index contributed by atoms with van der Waals surface area (Å²) in [5.74, 6) is 0.405. The normalized spacial score (nSPS) is 19.9. The summed E-state index contributed by atoms with van der Waals surface area (Å²) in [6, 6.07) is 6.09. The Hall–Kier alpha value is -1.06. The number of rotatable bonds is 3. The van der Waals surface area contributed by atoms with Crippen molar-refractivity contribution >= 4 is 0 Å². The molecule has 0 spiro atoms. The second-order valence-corrected chi connectivity index (χ2v) is 5.21. The average molecular weight is 249 g/mol. The first-order valence-electron chi connectivity index (χ1n) is 6.68. The Kier molecular flexibility index (Phi) is 4.25. The molecule has 18 heavy (non-hydrogen) atoms. The second-order valence-electron chi connectivity index (χ2n) is 5.21. The number of phenolic OH excluding ortho intramolecular Hbond substituents is 1. The van der Waals surface area contributed by atoms with E-state index in [0.29, 0.717) is 11.9 Å². The summed E-state index contributed by atoms with van der Waals surface area (Å²) in [7, 11) is 1.79. The quantitative estimate of drug-likeness (QED) is 0.894. The first kappa shape index (κ1) is 13.4. The number of phenols is 1. The molecule has 1 aromatic rings. The van der Waals surface area contributed by atoms with Gasteiger partial charge in [0.2, 0.25) is 0 Å². The average Bonchev–Trinajstić information content (AvgIpc) is 2.41. The Labute approximate surface area is 109 Å². The Morgan fingerprint density at radius 1 is 1.33 bits per heavy atom. The molecule has 1 heterocycles. The summed E-state index contributed by atoms with van der Waals surface area (Å²) in [5.41, 5.74) is 2.23. The molecule has 0 saturated carbocycles. The van der Waals surface area contributed by atoms with Crippen LogP contribution in [-0.2, 0) is 4.74 Å². The van der Waals surface area contributed by atoms with E-state index in [1.807, 2.05) is 6.07 Å². The van der Waals surface area contributed by atoms with Gasteiger partial charge in [0, 0.05) is 31.8 Å². The van der Waals surface area contributed by atoms with Gasteiger partial charge in [-0.2, -0.15) is 0 Å². The van der Waals surface area contributed by atoms with Crippen molar-refractivity contribution in [3.05, 3.63) is 29.3 Å². The summed E-state index contributed by atoms with van der Waals surface area (Å²) >= 11 is 0. The van der Waals surface area contributed by atoms with E-state index in [0.717, 1.165) is 31.5 Å². The van der Waals surface area contributed by atoms with Crippen LogP contribution in [0.1, 0.15) is 36.9 Å². The number of aromatic hydroxyl groups is 1. The molecule has 1 fully saturated rings. The minimum absolute atomic E-state index is 0.266. The van der Waals surface area contributed by atoms with Crippen molar-refractivity contribution in [1.82, 2.24) is 4.90 Å². The molecule has 0 amide bonds. The number of piperidine rings is 1. The van der Waals surface area contributed by atoms with Gasteiger partial charge in [-0.1, -0.05) is 17.7 Å². The molecule has 0 radical (unpaired) electrons. The van der Waals surface area contributed by atoms with Gasteiger partial charge < -0.3 is 9.84 Å². The highest BCUT2D eigenvalue weighted by molar-refractivity contribution is 5.37. The van der Waals surface area contributed by atoms with Crippen LogP contribution in [0.2, 0.25) is 0 Å². The molecule has 1 aliphatic heterocycles. The zero-order valence-electron chi connectivity index (χ0n) is 11.5. The van der Waals surface area contributed by atoms with Crippen LogP contribution in [0, 0.1) is 6.92 Å². The number of aryl methyl sites for hydroxylation is 1. The lowest BCUT2D eigenvalue weighted by atomic mass is 9.99. The number of hydrogen-bond donors (Lipinski definition) is 1. The Bertz CT molecular complexity index is 397. The van der Waals surface area contributed by atoms with Crippen molar-refractivity contribution in [3.63, 3.8) is 0 Å². The summed E-state index contributed by atoms with van der Waals surface area (Å²) in [5, 5.41) is 9.98. The first-order chi connectivity index (χ1) is 8.61. The second kappa shape index (κ2) is 5.72. The smallest absolute Gasteiger partial charge is 0.120 e. The van der Waals surface area contributed by atoms with E-state index in [2.05, 4.69) is 24.8 Å². The van der Waals surface area contributed by atoms with Crippen LogP contribution in [0.5, 0.6) is 5.75 Å². The Balaban J connectivity index is 2.07. The number of ether oxygens (including phenoxy) is 1. The highest BCUT2D eigenvalue weighted by Crippen LogP contribution is 2.31. The number of nitrogens with zero attached hydrogens (tertiary/aromatic N) is 1. The minimum Gasteiger partial charge on any atom is -0.508 e. The topological polar surface area (TPSA) is 32.7 Å². The van der Waals surface area contributed by atoms with Gasteiger partial charge in [0.05, 0.1) is 6.10 Å². The van der Waals surface area contributed by atoms with Crippen molar-refractivity contribution in [2.24, 2.45) is 0 Å². The fraction of sp³-hybridized carbons (Fsp3) is 0.600. The third kappa shape index (κ3) is 2.85. The SMILES string of the molecule is COC1CCN(C(C)c2cc(C)ccc2O)CC1. The fourth-order valence-corrected chi connectivity index (χ4v) is 2.70. The largest absolute Gasteiger partial charge is 0.508 e. The molecule has 0 bridgehead atoms. The van der Waals surface area contributed by atoms with Gasteiger partial charge in [-0.25, -0.2) is 0 Å². The lowest BCUT2D eigenvalue weighted by Gasteiger charge is -2.36. The van der Waals surface area contributed by atoms with E-state index >= 15 is 0 Å². The third-order valence-electron chi connectivity index (χ3n) is 3.99. The van der Waals surface area contributed by atoms with E-state index in [9.17, 15) is 5.11 Å². The van der Waals surface area contributed by atoms with E-state index in [1.165, 1.54) is 5.56 Å². The Morgan fingerprint density at radius 2 is 2.00 bits per heavy atom. The van der Waals surface area contributed by atoms with Crippen LogP contribution < -0.4 is 0 Å². The molecule has 2 rings (SSSR count). The van der Waals surface area contributed by atoms with Gasteiger partial charge in [-0.15, -0.1) is 0 Å². The molecule has 0 aromatic heterocycles. The fourth-order valence-electron chi connectivity index (χ4n) is 2.70. The zero-order valence-corrected chi connectivity index (χ0v) is 11.5. The van der Waals surface area contributed by atoms with Gasteiger partial charge in [0.1, 0.15) is 5.75 Å². The summed E-state index contributed by atoms with van der Waals surface area (Å²) in [6.45, 7) is 6.30. The van der Waals surface area contributed by atoms with Gasteiger partial charge in [-0.05, 0) is 32.8 Å². The molecule has 3 nitrogen and oxygen atoms in total. The van der Waals surface area contributed by atoms with Crippen molar-refractivity contribution < 1.29 is 9.84 Å². The highest BCUT2D eigenvalue weighted by Gasteiger charge is 2.24. The Morgan fingerprint density at radius 3 is 2.61 bits per heavy atom. The van der Waals surface area contributed by atoms with E-state index in [1.54, 1.807) is 13.2 Å². The zero-order chi connectivity index (χ0) is 13.1. The van der Waals surface area contributed by atoms with Gasteiger partial charge >= 0.3 is 0 Å². The van der Waals surface area contributed by atoms with Crippen LogP contribution in [0.15, 0.2) is 18.2 Å². The summed E-state index contributed by atoms with van der Waals surface area (Å²) < 4.78 is 5.39. The van der Waals surface area contributed by atoms with Crippen molar-refractivity contribution in [2.75, 3.05) is 20.2 Å². The van der Waals surface area contributed by atoms with Gasteiger partial charge in [0.25, 0.3) is 0 Å². The van der Waals surface area contributed by atoms with Crippen LogP contribution in [-0.4, -0.2) is 36.3 Å². The molecular formula is C15H23NO2. The molecular weight excluding hydrogens is 226 g/mol. The van der Waals surface area contributed by atoms with Crippen LogP contribution >= 0.6 is 0 Å². The molecule has 100 valence electrons. The number of hydrogen-bond acceptors (Lipinski definition) is 3. The van der Waals surface area contributed by atoms with Crippen LogP contribution in [0.25, 0.3) is 0 Å². The van der Waals surface area contributed by atoms with E-state index < -0.39 is 0 Å². The molecule has 3 heteroatoms. The summed E-state index contributed by atoms with van der Waals surface area (Å²) in [6.07, 6.45) is 2.56. The molecule has 1 N–H and O–H groups in total. The van der Waals surface area contributed by atoms with Gasteiger partial charge in [0.15, 0.2) is 0 Å². The molecule has 1 aliphatic rings. The molecule has 0 aliphatic carbocycles. The maximum atomic E-state index is 9.98.